The summed E-state index contributed by atoms with van der Waals surface area (Å²) in [4.78, 5) is 11.7. The lowest BCUT2D eigenvalue weighted by atomic mass is 9.87. The molecule has 0 aromatic heterocycles. The van der Waals surface area contributed by atoms with Crippen LogP contribution in [0.1, 0.15) is 33.3 Å². The van der Waals surface area contributed by atoms with Gasteiger partial charge in [-0.05, 0) is 30.0 Å². The third-order valence-corrected chi connectivity index (χ3v) is 3.48. The van der Waals surface area contributed by atoms with Crippen LogP contribution in [0.25, 0.3) is 0 Å². The standard InChI is InChI=1S/C13H18O2S/c1-9(12(14)15)16-11-7-5-10(6-8-11)13(2,3)4/h5-9H,1-4H3,(H,14,15). The van der Waals surface area contributed by atoms with E-state index in [1.807, 2.05) is 12.1 Å². The number of hydrogen-bond acceptors (Lipinski definition) is 2. The van der Waals surface area contributed by atoms with Crippen molar-refractivity contribution >= 4 is 17.7 Å². The summed E-state index contributed by atoms with van der Waals surface area (Å²) in [6.45, 7) is 8.18. The topological polar surface area (TPSA) is 37.3 Å². The van der Waals surface area contributed by atoms with Gasteiger partial charge in [0.1, 0.15) is 5.25 Å². The van der Waals surface area contributed by atoms with Crippen LogP contribution in [0, 0.1) is 0 Å². The molecule has 1 aromatic carbocycles. The molecule has 0 aliphatic rings. The van der Waals surface area contributed by atoms with Crippen LogP contribution in [0.4, 0.5) is 0 Å². The number of carbonyl (C=O) groups is 1. The Kier molecular flexibility index (Phi) is 4.03. The van der Waals surface area contributed by atoms with Crippen molar-refractivity contribution in [1.82, 2.24) is 0 Å². The molecule has 1 rings (SSSR count). The van der Waals surface area contributed by atoms with Gasteiger partial charge in [-0.3, -0.25) is 4.79 Å². The Morgan fingerprint density at radius 1 is 1.25 bits per heavy atom. The van der Waals surface area contributed by atoms with Crippen LogP contribution in [0.5, 0.6) is 0 Å². The number of thioether (sulfide) groups is 1. The molecule has 3 heteroatoms. The average Bonchev–Trinajstić information content (AvgIpc) is 2.17. The van der Waals surface area contributed by atoms with Crippen molar-refractivity contribution < 1.29 is 9.90 Å². The Labute approximate surface area is 101 Å². The molecule has 16 heavy (non-hydrogen) atoms. The zero-order chi connectivity index (χ0) is 12.3. The molecule has 1 N–H and O–H groups in total. The van der Waals surface area contributed by atoms with Crippen LogP contribution in [0.2, 0.25) is 0 Å². The number of aliphatic carboxylic acids is 1. The van der Waals surface area contributed by atoms with E-state index in [0.29, 0.717) is 0 Å². The third-order valence-electron chi connectivity index (χ3n) is 2.38. The molecule has 1 unspecified atom stereocenters. The van der Waals surface area contributed by atoms with Crippen molar-refractivity contribution in [2.75, 3.05) is 0 Å². The average molecular weight is 238 g/mol. The van der Waals surface area contributed by atoms with Crippen molar-refractivity contribution in [1.29, 1.82) is 0 Å². The highest BCUT2D eigenvalue weighted by Crippen LogP contribution is 2.27. The minimum Gasteiger partial charge on any atom is -0.480 e. The lowest BCUT2D eigenvalue weighted by molar-refractivity contribution is -0.136. The molecule has 0 amide bonds. The molecular formula is C13H18O2S. The summed E-state index contributed by atoms with van der Waals surface area (Å²) in [5.41, 5.74) is 1.40. The maximum Gasteiger partial charge on any atom is 0.316 e. The second-order valence-electron chi connectivity index (χ2n) is 4.87. The first-order valence-corrected chi connectivity index (χ1v) is 6.18. The van der Waals surface area contributed by atoms with E-state index in [2.05, 4.69) is 32.9 Å². The van der Waals surface area contributed by atoms with Gasteiger partial charge in [0.15, 0.2) is 0 Å². The SMILES string of the molecule is CC(Sc1ccc(C(C)(C)C)cc1)C(=O)O. The molecule has 0 bridgehead atoms. The van der Waals surface area contributed by atoms with E-state index >= 15 is 0 Å². The highest BCUT2D eigenvalue weighted by molar-refractivity contribution is 8.00. The van der Waals surface area contributed by atoms with Crippen LogP contribution >= 0.6 is 11.8 Å². The van der Waals surface area contributed by atoms with Crippen molar-refractivity contribution in [3.8, 4) is 0 Å². The second-order valence-corrected chi connectivity index (χ2v) is 6.29. The molecule has 0 saturated heterocycles. The minimum atomic E-state index is -0.773. The lowest BCUT2D eigenvalue weighted by Gasteiger charge is -2.19. The molecule has 0 radical (unpaired) electrons. The van der Waals surface area contributed by atoms with Gasteiger partial charge in [0, 0.05) is 4.90 Å². The van der Waals surface area contributed by atoms with Crippen LogP contribution in [0.15, 0.2) is 29.2 Å². The molecule has 0 aliphatic carbocycles. The van der Waals surface area contributed by atoms with Crippen molar-refractivity contribution in [2.45, 2.75) is 43.3 Å². The molecule has 0 saturated carbocycles. The Morgan fingerprint density at radius 3 is 2.12 bits per heavy atom. The van der Waals surface area contributed by atoms with E-state index in [1.54, 1.807) is 6.92 Å². The summed E-state index contributed by atoms with van der Waals surface area (Å²) in [7, 11) is 0. The van der Waals surface area contributed by atoms with Gasteiger partial charge in [-0.2, -0.15) is 0 Å². The number of hydrogen-bond donors (Lipinski definition) is 1. The van der Waals surface area contributed by atoms with E-state index in [9.17, 15) is 4.79 Å². The summed E-state index contributed by atoms with van der Waals surface area (Å²) < 4.78 is 0. The molecule has 0 aliphatic heterocycles. The lowest BCUT2D eigenvalue weighted by Crippen LogP contribution is -2.12. The maximum absolute atomic E-state index is 10.7. The largest absolute Gasteiger partial charge is 0.480 e. The second kappa shape index (κ2) is 4.91. The summed E-state index contributed by atoms with van der Waals surface area (Å²) in [6, 6.07) is 8.11. The summed E-state index contributed by atoms with van der Waals surface area (Å²) in [5.74, 6) is -0.773. The van der Waals surface area contributed by atoms with Gasteiger partial charge < -0.3 is 5.11 Å². The highest BCUT2D eigenvalue weighted by atomic mass is 32.2. The molecule has 0 fully saturated rings. The van der Waals surface area contributed by atoms with Crippen LogP contribution in [-0.4, -0.2) is 16.3 Å². The van der Waals surface area contributed by atoms with Crippen molar-refractivity contribution in [3.05, 3.63) is 29.8 Å². The Balaban J connectivity index is 2.76. The van der Waals surface area contributed by atoms with Gasteiger partial charge in [-0.1, -0.05) is 32.9 Å². The molecule has 1 aromatic rings. The normalized spacial score (nSPS) is 13.5. The molecule has 2 nitrogen and oxygen atoms in total. The molecule has 88 valence electrons. The Hall–Kier alpha value is -0.960. The Morgan fingerprint density at radius 2 is 1.75 bits per heavy atom. The van der Waals surface area contributed by atoms with E-state index < -0.39 is 11.2 Å². The smallest absolute Gasteiger partial charge is 0.316 e. The van der Waals surface area contributed by atoms with Crippen LogP contribution < -0.4 is 0 Å². The predicted molar refractivity (Wildman–Crippen MR) is 68.1 cm³/mol. The van der Waals surface area contributed by atoms with Crippen molar-refractivity contribution in [2.24, 2.45) is 0 Å². The molecule has 1 atom stereocenters. The highest BCUT2D eigenvalue weighted by Gasteiger charge is 2.15. The fourth-order valence-electron chi connectivity index (χ4n) is 1.29. The fraction of sp³-hybridized carbons (Fsp3) is 0.462. The summed E-state index contributed by atoms with van der Waals surface area (Å²) in [5, 5.41) is 8.40. The predicted octanol–water partition coefficient (Wildman–Crippen LogP) is 3.55. The molecular weight excluding hydrogens is 220 g/mol. The quantitative estimate of drug-likeness (QED) is 0.818. The first-order chi connectivity index (χ1) is 7.30. The van der Waals surface area contributed by atoms with Crippen molar-refractivity contribution in [3.63, 3.8) is 0 Å². The monoisotopic (exact) mass is 238 g/mol. The number of carboxylic acid groups (broad SMARTS) is 1. The van der Waals surface area contributed by atoms with Gasteiger partial charge in [0.2, 0.25) is 0 Å². The van der Waals surface area contributed by atoms with Gasteiger partial charge in [0.25, 0.3) is 0 Å². The first-order valence-electron chi connectivity index (χ1n) is 5.30. The van der Waals surface area contributed by atoms with E-state index in [-0.39, 0.29) is 5.41 Å². The van der Waals surface area contributed by atoms with Crippen LogP contribution in [0.3, 0.4) is 0 Å². The maximum atomic E-state index is 10.7. The first kappa shape index (κ1) is 13.1. The summed E-state index contributed by atoms with van der Waals surface area (Å²) in [6.07, 6.45) is 0. The van der Waals surface area contributed by atoms with Gasteiger partial charge >= 0.3 is 5.97 Å². The van der Waals surface area contributed by atoms with E-state index in [1.165, 1.54) is 17.3 Å². The number of benzene rings is 1. The van der Waals surface area contributed by atoms with Crippen LogP contribution in [-0.2, 0) is 10.2 Å². The van der Waals surface area contributed by atoms with E-state index in [4.69, 9.17) is 5.11 Å². The fourth-order valence-corrected chi connectivity index (χ4v) is 2.09. The zero-order valence-electron chi connectivity index (χ0n) is 10.2. The molecule has 0 spiro atoms. The van der Waals surface area contributed by atoms with Gasteiger partial charge in [-0.25, -0.2) is 0 Å². The van der Waals surface area contributed by atoms with Gasteiger partial charge in [0.05, 0.1) is 0 Å². The minimum absolute atomic E-state index is 0.140. The van der Waals surface area contributed by atoms with E-state index in [0.717, 1.165) is 4.90 Å². The van der Waals surface area contributed by atoms with Gasteiger partial charge in [-0.15, -0.1) is 11.8 Å². The third kappa shape index (κ3) is 3.56. The number of carboxylic acids is 1. The number of rotatable bonds is 3. The summed E-state index contributed by atoms with van der Waals surface area (Å²) >= 11 is 1.37. The molecule has 0 heterocycles. The Bertz CT molecular complexity index is 363. The zero-order valence-corrected chi connectivity index (χ0v) is 11.0.